The molecule has 3 fully saturated rings. The van der Waals surface area contributed by atoms with Crippen LogP contribution in [0.3, 0.4) is 0 Å². The van der Waals surface area contributed by atoms with Crippen LogP contribution in [-0.2, 0) is 32.7 Å². The first-order chi connectivity index (χ1) is 9.92. The Morgan fingerprint density at radius 1 is 0.810 bits per heavy atom. The molecule has 1 N–H and O–H groups in total. The average molecular weight is 368 g/mol. The minimum absolute atomic E-state index is 0. The van der Waals surface area contributed by atoms with Gasteiger partial charge in [0.2, 0.25) is 0 Å². The molecule has 0 amide bonds. The summed E-state index contributed by atoms with van der Waals surface area (Å²) < 4.78 is 0. The summed E-state index contributed by atoms with van der Waals surface area (Å²) in [6.45, 7) is 8.00. The third kappa shape index (κ3) is 7.45. The zero-order valence-electron chi connectivity index (χ0n) is 14.9. The van der Waals surface area contributed by atoms with Gasteiger partial charge in [-0.1, -0.05) is 85.0 Å². The molecule has 2 heteroatoms. The van der Waals surface area contributed by atoms with Crippen LogP contribution in [0.15, 0.2) is 0 Å². The first-order valence-electron chi connectivity index (χ1n) is 9.36. The van der Waals surface area contributed by atoms with Crippen LogP contribution in [0.4, 0.5) is 0 Å². The van der Waals surface area contributed by atoms with E-state index in [1.54, 1.807) is 0 Å². The quantitative estimate of drug-likeness (QED) is 0.630. The molecule has 0 aliphatic heterocycles. The van der Waals surface area contributed by atoms with Crippen LogP contribution in [0.2, 0.25) is 0 Å². The van der Waals surface area contributed by atoms with E-state index in [0.717, 1.165) is 23.9 Å². The molecule has 1 radical (unpaired) electrons. The predicted octanol–water partition coefficient (Wildman–Crippen LogP) is 5.56. The van der Waals surface area contributed by atoms with Gasteiger partial charge in [0.15, 0.2) is 0 Å². The van der Waals surface area contributed by atoms with Gasteiger partial charge in [-0.05, 0) is 0 Å². The third-order valence-electron chi connectivity index (χ3n) is 4.85. The molecule has 123 valence electrons. The molecule has 21 heavy (non-hydrogen) atoms. The molecular formula is C19H37NY-2. The van der Waals surface area contributed by atoms with Gasteiger partial charge in [-0.2, -0.15) is 12.3 Å². The first-order valence-corrected chi connectivity index (χ1v) is 9.36. The van der Waals surface area contributed by atoms with E-state index in [9.17, 15) is 0 Å². The van der Waals surface area contributed by atoms with Crippen LogP contribution >= 0.6 is 0 Å². The van der Waals surface area contributed by atoms with Crippen molar-refractivity contribution >= 4 is 0 Å². The minimum Gasteiger partial charge on any atom is -0.370 e. The van der Waals surface area contributed by atoms with Crippen LogP contribution < -0.4 is 5.32 Å². The maximum atomic E-state index is 3.86. The van der Waals surface area contributed by atoms with Crippen molar-refractivity contribution in [2.24, 2.45) is 11.8 Å². The van der Waals surface area contributed by atoms with Crippen molar-refractivity contribution in [2.45, 2.75) is 97.6 Å². The van der Waals surface area contributed by atoms with Gasteiger partial charge in [0, 0.05) is 32.7 Å². The fourth-order valence-corrected chi connectivity index (χ4v) is 3.98. The topological polar surface area (TPSA) is 12.0 Å². The van der Waals surface area contributed by atoms with E-state index in [1.807, 2.05) is 27.7 Å². The second kappa shape index (κ2) is 13.5. The van der Waals surface area contributed by atoms with Crippen molar-refractivity contribution in [3.8, 4) is 0 Å². The molecule has 0 saturated heterocycles. The summed E-state index contributed by atoms with van der Waals surface area (Å²) in [5.41, 5.74) is 0. The molecule has 0 aromatic rings. The molecule has 4 unspecified atom stereocenters. The summed E-state index contributed by atoms with van der Waals surface area (Å²) in [5, 5.41) is 3.86. The maximum absolute atomic E-state index is 3.86. The summed E-state index contributed by atoms with van der Waals surface area (Å²) >= 11 is 0. The van der Waals surface area contributed by atoms with Crippen molar-refractivity contribution in [1.82, 2.24) is 5.32 Å². The molecule has 1 nitrogen and oxygen atoms in total. The number of rotatable bonds is 2. The van der Waals surface area contributed by atoms with Gasteiger partial charge in [-0.15, -0.1) is 12.1 Å². The van der Waals surface area contributed by atoms with Crippen molar-refractivity contribution in [3.63, 3.8) is 0 Å². The minimum atomic E-state index is 0. The van der Waals surface area contributed by atoms with E-state index in [1.165, 1.54) is 57.8 Å². The summed E-state index contributed by atoms with van der Waals surface area (Å²) in [5.74, 6) is 1.98. The van der Waals surface area contributed by atoms with E-state index >= 15 is 0 Å². The van der Waals surface area contributed by atoms with E-state index < -0.39 is 0 Å². The number of fused-ring (bicyclic) bond motifs is 1. The molecule has 0 bridgehead atoms. The van der Waals surface area contributed by atoms with Gasteiger partial charge < -0.3 is 18.2 Å². The molecule has 0 heterocycles. The Morgan fingerprint density at radius 2 is 1.48 bits per heavy atom. The normalized spacial score (nSPS) is 34.3. The van der Waals surface area contributed by atoms with Crippen LogP contribution in [0.5, 0.6) is 0 Å². The summed E-state index contributed by atoms with van der Waals surface area (Å²) in [4.78, 5) is 0. The molecule has 3 saturated carbocycles. The third-order valence-corrected chi connectivity index (χ3v) is 4.85. The van der Waals surface area contributed by atoms with Crippen molar-refractivity contribution < 1.29 is 32.7 Å². The van der Waals surface area contributed by atoms with E-state index in [0.29, 0.717) is 0 Å². The van der Waals surface area contributed by atoms with Crippen LogP contribution in [0, 0.1) is 24.7 Å². The SMILES string of the molecule is CC.CC.[CH-]1CCCCC1NC1[CH-]C2CCCCC2C1.[Y]. The molecule has 3 aliphatic rings. The Morgan fingerprint density at radius 3 is 2.10 bits per heavy atom. The van der Waals surface area contributed by atoms with Crippen molar-refractivity contribution in [3.05, 3.63) is 12.8 Å². The van der Waals surface area contributed by atoms with Crippen molar-refractivity contribution in [1.29, 1.82) is 0 Å². The Kier molecular flexibility index (Phi) is 14.2. The zero-order valence-corrected chi connectivity index (χ0v) is 17.7. The smallest absolute Gasteiger partial charge is 0 e. The number of hydrogen-bond acceptors (Lipinski definition) is 1. The standard InChI is InChI=1S/C15H25N.2C2H6.Y/c1-2-8-14(9-3-1)16-15-10-12-6-4-5-7-13(12)11-15;2*1-2;/h8,10,12-16H,1-7,9,11H2;2*1-2H3;/q-2;;;. The summed E-state index contributed by atoms with van der Waals surface area (Å²) in [7, 11) is 0. The Labute approximate surface area is 159 Å². The van der Waals surface area contributed by atoms with Gasteiger partial charge in [0.1, 0.15) is 0 Å². The molecule has 4 atom stereocenters. The largest absolute Gasteiger partial charge is 0.370 e. The van der Waals surface area contributed by atoms with Crippen LogP contribution in [0.25, 0.3) is 0 Å². The second-order valence-electron chi connectivity index (χ2n) is 6.04. The zero-order chi connectivity index (χ0) is 14.8. The second-order valence-corrected chi connectivity index (χ2v) is 6.04. The van der Waals surface area contributed by atoms with E-state index in [-0.39, 0.29) is 32.7 Å². The van der Waals surface area contributed by atoms with Crippen LogP contribution in [-0.4, -0.2) is 12.1 Å². The maximum Gasteiger partial charge on any atom is 0 e. The van der Waals surface area contributed by atoms with Gasteiger partial charge in [-0.3, -0.25) is 0 Å². The van der Waals surface area contributed by atoms with Gasteiger partial charge in [0.05, 0.1) is 0 Å². The summed E-state index contributed by atoms with van der Waals surface area (Å²) in [6, 6.07) is 1.45. The van der Waals surface area contributed by atoms with Gasteiger partial charge >= 0.3 is 0 Å². The molecule has 0 spiro atoms. The van der Waals surface area contributed by atoms with E-state index in [2.05, 4.69) is 18.2 Å². The Balaban J connectivity index is 0.000000741. The predicted molar refractivity (Wildman–Crippen MR) is 90.5 cm³/mol. The molecule has 3 aliphatic carbocycles. The Hall–Kier alpha value is 1.06. The summed E-state index contributed by atoms with van der Waals surface area (Å²) in [6.07, 6.45) is 18.0. The monoisotopic (exact) mass is 368 g/mol. The van der Waals surface area contributed by atoms with Crippen molar-refractivity contribution in [2.75, 3.05) is 0 Å². The fraction of sp³-hybridized carbons (Fsp3) is 0.895. The van der Waals surface area contributed by atoms with Crippen LogP contribution in [0.1, 0.15) is 85.5 Å². The van der Waals surface area contributed by atoms with E-state index in [4.69, 9.17) is 0 Å². The molecule has 0 aromatic carbocycles. The fourth-order valence-electron chi connectivity index (χ4n) is 3.98. The number of nitrogens with one attached hydrogen (secondary N) is 1. The molecule has 3 rings (SSSR count). The Bertz CT molecular complexity index is 212. The average Bonchev–Trinajstić information content (AvgIpc) is 2.94. The molecular weight excluding hydrogens is 331 g/mol. The first kappa shape index (κ1) is 22.1. The molecule has 0 aromatic heterocycles. The number of hydrogen-bond donors (Lipinski definition) is 1. The van der Waals surface area contributed by atoms with Gasteiger partial charge in [0.25, 0.3) is 0 Å². The van der Waals surface area contributed by atoms with Gasteiger partial charge in [-0.25, -0.2) is 0 Å².